The molecule has 0 aliphatic heterocycles. The lowest BCUT2D eigenvalue weighted by molar-refractivity contribution is 0.739. The second kappa shape index (κ2) is 7.00. The first-order valence-electron chi connectivity index (χ1n) is 6.20. The molecule has 0 aromatic carbocycles. The Bertz CT molecular complexity index is 363. The van der Waals surface area contributed by atoms with E-state index in [0.29, 0.717) is 0 Å². The van der Waals surface area contributed by atoms with Gasteiger partial charge in [0.2, 0.25) is 0 Å². The standard InChI is InChI=1S/C14H20N2/c1-3-5-7-13-12(11-15)9-10-16-14(13)8-6-4-2/h9-10H,3-8H2,1-2H3. The molecule has 1 rings (SSSR count). The summed E-state index contributed by atoms with van der Waals surface area (Å²) < 4.78 is 0. The number of nitriles is 1. The molecule has 2 nitrogen and oxygen atoms in total. The lowest BCUT2D eigenvalue weighted by Crippen LogP contribution is -2.01. The van der Waals surface area contributed by atoms with Gasteiger partial charge in [0.1, 0.15) is 0 Å². The van der Waals surface area contributed by atoms with Crippen LogP contribution in [0.5, 0.6) is 0 Å². The summed E-state index contributed by atoms with van der Waals surface area (Å²) in [7, 11) is 0. The van der Waals surface area contributed by atoms with E-state index in [9.17, 15) is 0 Å². The van der Waals surface area contributed by atoms with Crippen LogP contribution in [0.2, 0.25) is 0 Å². The minimum Gasteiger partial charge on any atom is -0.261 e. The Hall–Kier alpha value is -1.36. The molecule has 0 aliphatic rings. The van der Waals surface area contributed by atoms with E-state index in [-0.39, 0.29) is 0 Å². The molecule has 86 valence electrons. The highest BCUT2D eigenvalue weighted by Gasteiger charge is 2.08. The summed E-state index contributed by atoms with van der Waals surface area (Å²) >= 11 is 0. The molecule has 0 N–H and O–H groups in total. The summed E-state index contributed by atoms with van der Waals surface area (Å²) in [5.41, 5.74) is 3.13. The van der Waals surface area contributed by atoms with Gasteiger partial charge in [-0.1, -0.05) is 26.7 Å². The third-order valence-corrected chi connectivity index (χ3v) is 2.81. The zero-order chi connectivity index (χ0) is 11.8. The van der Waals surface area contributed by atoms with E-state index in [1.807, 2.05) is 6.07 Å². The quantitative estimate of drug-likeness (QED) is 0.728. The summed E-state index contributed by atoms with van der Waals surface area (Å²) in [6.07, 6.45) is 8.38. The van der Waals surface area contributed by atoms with Crippen LogP contribution >= 0.6 is 0 Å². The molecule has 0 unspecified atom stereocenters. The van der Waals surface area contributed by atoms with Crippen molar-refractivity contribution in [1.29, 1.82) is 5.26 Å². The third kappa shape index (κ3) is 3.34. The van der Waals surface area contributed by atoms with Crippen LogP contribution in [-0.2, 0) is 12.8 Å². The molecule has 0 amide bonds. The Kier molecular flexibility index (Phi) is 5.56. The molecule has 1 aromatic rings. The SMILES string of the molecule is CCCCc1nccc(C#N)c1CCCC. The fraction of sp³-hybridized carbons (Fsp3) is 0.571. The fourth-order valence-corrected chi connectivity index (χ4v) is 1.83. The first-order chi connectivity index (χ1) is 7.83. The van der Waals surface area contributed by atoms with Gasteiger partial charge in [-0.05, 0) is 37.3 Å². The van der Waals surface area contributed by atoms with Gasteiger partial charge in [-0.25, -0.2) is 0 Å². The normalized spacial score (nSPS) is 10.1. The average Bonchev–Trinajstić information content (AvgIpc) is 2.33. The molecule has 2 heteroatoms. The van der Waals surface area contributed by atoms with Crippen molar-refractivity contribution in [3.05, 3.63) is 29.1 Å². The Morgan fingerprint density at radius 2 is 1.88 bits per heavy atom. The second-order valence-electron chi connectivity index (χ2n) is 4.10. The summed E-state index contributed by atoms with van der Waals surface area (Å²) in [5.74, 6) is 0. The molecule has 1 heterocycles. The Labute approximate surface area is 98.3 Å². The van der Waals surface area contributed by atoms with Gasteiger partial charge < -0.3 is 0 Å². The average molecular weight is 216 g/mol. The van der Waals surface area contributed by atoms with E-state index in [4.69, 9.17) is 5.26 Å². The Morgan fingerprint density at radius 3 is 2.50 bits per heavy atom. The van der Waals surface area contributed by atoms with Crippen LogP contribution in [0.3, 0.4) is 0 Å². The first-order valence-corrected chi connectivity index (χ1v) is 6.20. The van der Waals surface area contributed by atoms with Crippen molar-refractivity contribution in [1.82, 2.24) is 4.98 Å². The van der Waals surface area contributed by atoms with Crippen molar-refractivity contribution in [3.8, 4) is 6.07 Å². The van der Waals surface area contributed by atoms with E-state index in [2.05, 4.69) is 24.9 Å². The molecule has 0 aliphatic carbocycles. The van der Waals surface area contributed by atoms with E-state index in [1.165, 1.54) is 12.0 Å². The summed E-state index contributed by atoms with van der Waals surface area (Å²) in [6.45, 7) is 4.36. The van der Waals surface area contributed by atoms with Crippen molar-refractivity contribution in [2.45, 2.75) is 52.4 Å². The second-order valence-corrected chi connectivity index (χ2v) is 4.10. The van der Waals surface area contributed by atoms with Gasteiger partial charge >= 0.3 is 0 Å². The van der Waals surface area contributed by atoms with Crippen molar-refractivity contribution < 1.29 is 0 Å². The van der Waals surface area contributed by atoms with Crippen LogP contribution in [0.1, 0.15) is 56.4 Å². The van der Waals surface area contributed by atoms with Gasteiger partial charge in [0.15, 0.2) is 0 Å². The minimum atomic E-state index is 0.814. The summed E-state index contributed by atoms with van der Waals surface area (Å²) in [6, 6.07) is 4.12. The van der Waals surface area contributed by atoms with Crippen molar-refractivity contribution >= 4 is 0 Å². The van der Waals surface area contributed by atoms with Gasteiger partial charge in [0.05, 0.1) is 11.6 Å². The van der Waals surface area contributed by atoms with Gasteiger partial charge in [-0.2, -0.15) is 5.26 Å². The maximum absolute atomic E-state index is 9.09. The van der Waals surface area contributed by atoms with Crippen LogP contribution in [0.15, 0.2) is 12.3 Å². The highest BCUT2D eigenvalue weighted by Crippen LogP contribution is 2.17. The molecule has 0 atom stereocenters. The topological polar surface area (TPSA) is 36.7 Å². The smallest absolute Gasteiger partial charge is 0.0995 e. The van der Waals surface area contributed by atoms with Gasteiger partial charge in [-0.3, -0.25) is 4.98 Å². The van der Waals surface area contributed by atoms with Gasteiger partial charge in [-0.15, -0.1) is 0 Å². The van der Waals surface area contributed by atoms with Crippen molar-refractivity contribution in [2.24, 2.45) is 0 Å². The molecule has 0 radical (unpaired) electrons. The Balaban J connectivity index is 2.91. The number of nitrogens with zero attached hydrogens (tertiary/aromatic N) is 2. The first kappa shape index (κ1) is 12.7. The van der Waals surface area contributed by atoms with Gasteiger partial charge in [0.25, 0.3) is 0 Å². The number of hydrogen-bond acceptors (Lipinski definition) is 2. The number of unbranched alkanes of at least 4 members (excludes halogenated alkanes) is 2. The fourth-order valence-electron chi connectivity index (χ4n) is 1.83. The van der Waals surface area contributed by atoms with Crippen LogP contribution in [0.25, 0.3) is 0 Å². The van der Waals surface area contributed by atoms with E-state index in [1.54, 1.807) is 6.20 Å². The largest absolute Gasteiger partial charge is 0.261 e. The summed E-state index contributed by atoms with van der Waals surface area (Å²) in [5, 5.41) is 9.09. The van der Waals surface area contributed by atoms with E-state index < -0.39 is 0 Å². The van der Waals surface area contributed by atoms with Gasteiger partial charge in [0, 0.05) is 11.9 Å². The zero-order valence-electron chi connectivity index (χ0n) is 10.3. The monoisotopic (exact) mass is 216 g/mol. The van der Waals surface area contributed by atoms with Crippen LogP contribution in [0, 0.1) is 11.3 Å². The molecule has 0 saturated heterocycles. The van der Waals surface area contributed by atoms with Crippen LogP contribution in [-0.4, -0.2) is 4.98 Å². The van der Waals surface area contributed by atoms with E-state index in [0.717, 1.165) is 43.4 Å². The maximum atomic E-state index is 9.09. The zero-order valence-corrected chi connectivity index (χ0v) is 10.3. The molecular formula is C14H20N2. The highest BCUT2D eigenvalue weighted by atomic mass is 14.7. The predicted octanol–water partition coefficient (Wildman–Crippen LogP) is 3.64. The van der Waals surface area contributed by atoms with Crippen molar-refractivity contribution in [3.63, 3.8) is 0 Å². The molecular weight excluding hydrogens is 196 g/mol. The molecule has 0 spiro atoms. The highest BCUT2D eigenvalue weighted by molar-refractivity contribution is 5.39. The Morgan fingerprint density at radius 1 is 1.19 bits per heavy atom. The number of pyridine rings is 1. The molecule has 0 bridgehead atoms. The molecule has 1 aromatic heterocycles. The van der Waals surface area contributed by atoms with Crippen molar-refractivity contribution in [2.75, 3.05) is 0 Å². The third-order valence-electron chi connectivity index (χ3n) is 2.81. The lowest BCUT2D eigenvalue weighted by Gasteiger charge is -2.09. The number of rotatable bonds is 6. The van der Waals surface area contributed by atoms with Crippen LogP contribution in [0.4, 0.5) is 0 Å². The number of aryl methyl sites for hydroxylation is 1. The number of aromatic nitrogens is 1. The summed E-state index contributed by atoms with van der Waals surface area (Å²) in [4.78, 5) is 4.43. The van der Waals surface area contributed by atoms with E-state index >= 15 is 0 Å². The van der Waals surface area contributed by atoms with Crippen LogP contribution < -0.4 is 0 Å². The molecule has 16 heavy (non-hydrogen) atoms. The molecule has 0 fully saturated rings. The number of hydrogen-bond donors (Lipinski definition) is 0. The predicted molar refractivity (Wildman–Crippen MR) is 66.2 cm³/mol. The lowest BCUT2D eigenvalue weighted by atomic mass is 9.98. The minimum absolute atomic E-state index is 0.814. The maximum Gasteiger partial charge on any atom is 0.0995 e. The molecule has 0 saturated carbocycles.